The van der Waals surface area contributed by atoms with E-state index in [0.29, 0.717) is 12.0 Å². The fourth-order valence-corrected chi connectivity index (χ4v) is 4.35. The summed E-state index contributed by atoms with van der Waals surface area (Å²) in [6.45, 7) is 9.60. The average molecular weight is 529 g/mol. The normalized spacial score (nSPS) is 17.3. The summed E-state index contributed by atoms with van der Waals surface area (Å²) in [5.41, 5.74) is 2.64. The second-order valence-electron chi connectivity index (χ2n) is 7.33. The Kier molecular flexibility index (Phi) is 10.4. The van der Waals surface area contributed by atoms with Gasteiger partial charge in [0, 0.05) is 44.0 Å². The SMILES string of the molecule is CN=C(NCC(C)c1cccs1)NCC(c1cccc(C)c1)N1CCOCC1.I. The Hall–Kier alpha value is -1.16. The Balaban J connectivity index is 0.00000300. The number of aryl methyl sites for hydroxylation is 1. The predicted octanol–water partition coefficient (Wildman–Crippen LogP) is 4.02. The summed E-state index contributed by atoms with van der Waals surface area (Å²) in [6, 6.07) is 13.4. The number of hydrogen-bond donors (Lipinski definition) is 2. The van der Waals surface area contributed by atoms with E-state index >= 15 is 0 Å². The number of morpholine rings is 1. The zero-order valence-electron chi connectivity index (χ0n) is 17.6. The molecule has 1 aliphatic rings. The molecule has 29 heavy (non-hydrogen) atoms. The molecule has 2 atom stereocenters. The fraction of sp³-hybridized carbons (Fsp3) is 0.500. The third-order valence-electron chi connectivity index (χ3n) is 5.20. The van der Waals surface area contributed by atoms with Crippen LogP contribution in [0.2, 0.25) is 0 Å². The minimum absolute atomic E-state index is 0. The van der Waals surface area contributed by atoms with Crippen LogP contribution in [-0.2, 0) is 4.74 Å². The number of benzene rings is 1. The van der Waals surface area contributed by atoms with Gasteiger partial charge in [-0.25, -0.2) is 0 Å². The van der Waals surface area contributed by atoms with Crippen LogP contribution in [0.15, 0.2) is 46.8 Å². The lowest BCUT2D eigenvalue weighted by Crippen LogP contribution is -2.46. The second kappa shape index (κ2) is 12.5. The Labute approximate surface area is 196 Å². The van der Waals surface area contributed by atoms with Crippen LogP contribution in [-0.4, -0.2) is 57.3 Å². The number of guanidine groups is 1. The zero-order valence-corrected chi connectivity index (χ0v) is 20.7. The third kappa shape index (κ3) is 7.24. The van der Waals surface area contributed by atoms with E-state index in [0.717, 1.165) is 45.4 Å². The van der Waals surface area contributed by atoms with E-state index < -0.39 is 0 Å². The van der Waals surface area contributed by atoms with Crippen molar-refractivity contribution in [2.24, 2.45) is 4.99 Å². The van der Waals surface area contributed by atoms with Crippen LogP contribution < -0.4 is 10.6 Å². The Morgan fingerprint density at radius 3 is 2.59 bits per heavy atom. The molecule has 5 nitrogen and oxygen atoms in total. The number of ether oxygens (including phenoxy) is 1. The molecule has 2 heterocycles. The van der Waals surface area contributed by atoms with Gasteiger partial charge in [-0.2, -0.15) is 0 Å². The summed E-state index contributed by atoms with van der Waals surface area (Å²) in [5.74, 6) is 1.32. The molecular formula is C22H33IN4OS. The molecule has 1 aromatic heterocycles. The fourth-order valence-electron chi connectivity index (χ4n) is 3.56. The van der Waals surface area contributed by atoms with E-state index in [2.05, 4.69) is 76.2 Å². The van der Waals surface area contributed by atoms with Gasteiger partial charge in [-0.1, -0.05) is 42.8 Å². The smallest absolute Gasteiger partial charge is 0.191 e. The Bertz CT molecular complexity index is 747. The van der Waals surface area contributed by atoms with Crippen molar-refractivity contribution >= 4 is 41.3 Å². The van der Waals surface area contributed by atoms with Crippen LogP contribution in [0.4, 0.5) is 0 Å². The first-order chi connectivity index (χ1) is 13.7. The van der Waals surface area contributed by atoms with Crippen molar-refractivity contribution in [1.29, 1.82) is 0 Å². The highest BCUT2D eigenvalue weighted by Crippen LogP contribution is 2.22. The highest BCUT2D eigenvalue weighted by molar-refractivity contribution is 14.0. The van der Waals surface area contributed by atoms with Gasteiger partial charge in [0.05, 0.1) is 19.3 Å². The lowest BCUT2D eigenvalue weighted by molar-refractivity contribution is 0.0170. The van der Waals surface area contributed by atoms with Crippen molar-refractivity contribution in [1.82, 2.24) is 15.5 Å². The van der Waals surface area contributed by atoms with E-state index in [9.17, 15) is 0 Å². The maximum atomic E-state index is 5.56. The number of rotatable bonds is 7. The summed E-state index contributed by atoms with van der Waals surface area (Å²) < 4.78 is 5.56. The highest BCUT2D eigenvalue weighted by Gasteiger charge is 2.23. The van der Waals surface area contributed by atoms with E-state index in [1.165, 1.54) is 16.0 Å². The van der Waals surface area contributed by atoms with Gasteiger partial charge in [-0.05, 0) is 23.9 Å². The van der Waals surface area contributed by atoms with Crippen molar-refractivity contribution in [3.05, 3.63) is 57.8 Å². The molecule has 1 fully saturated rings. The quantitative estimate of drug-likeness (QED) is 0.324. The van der Waals surface area contributed by atoms with Crippen LogP contribution in [0, 0.1) is 6.92 Å². The number of nitrogens with zero attached hydrogens (tertiary/aromatic N) is 2. The highest BCUT2D eigenvalue weighted by atomic mass is 127. The predicted molar refractivity (Wildman–Crippen MR) is 134 cm³/mol. The zero-order chi connectivity index (χ0) is 19.8. The number of thiophene rings is 1. The third-order valence-corrected chi connectivity index (χ3v) is 6.31. The summed E-state index contributed by atoms with van der Waals surface area (Å²) in [6.07, 6.45) is 0. The molecule has 0 amide bonds. The lowest BCUT2D eigenvalue weighted by Gasteiger charge is -2.35. The topological polar surface area (TPSA) is 48.9 Å². The monoisotopic (exact) mass is 528 g/mol. The first-order valence-electron chi connectivity index (χ1n) is 10.0. The number of hydrogen-bond acceptors (Lipinski definition) is 4. The number of nitrogens with one attached hydrogen (secondary N) is 2. The molecule has 2 unspecified atom stereocenters. The van der Waals surface area contributed by atoms with Crippen LogP contribution in [0.25, 0.3) is 0 Å². The van der Waals surface area contributed by atoms with E-state index in [-0.39, 0.29) is 24.0 Å². The minimum atomic E-state index is 0. The molecule has 0 saturated carbocycles. The molecule has 2 aromatic rings. The molecule has 0 aliphatic carbocycles. The van der Waals surface area contributed by atoms with Gasteiger partial charge in [0.1, 0.15) is 0 Å². The van der Waals surface area contributed by atoms with Crippen molar-refractivity contribution in [3.63, 3.8) is 0 Å². The molecule has 1 aromatic carbocycles. The van der Waals surface area contributed by atoms with Crippen molar-refractivity contribution in [3.8, 4) is 0 Å². The van der Waals surface area contributed by atoms with Gasteiger partial charge >= 0.3 is 0 Å². The van der Waals surface area contributed by atoms with Crippen molar-refractivity contribution < 1.29 is 4.74 Å². The maximum absolute atomic E-state index is 5.56. The van der Waals surface area contributed by atoms with Gasteiger partial charge in [0.25, 0.3) is 0 Å². The first-order valence-corrected chi connectivity index (χ1v) is 10.9. The molecule has 160 valence electrons. The second-order valence-corrected chi connectivity index (χ2v) is 8.31. The largest absolute Gasteiger partial charge is 0.379 e. The Morgan fingerprint density at radius 2 is 1.93 bits per heavy atom. The number of halogens is 1. The maximum Gasteiger partial charge on any atom is 0.191 e. The van der Waals surface area contributed by atoms with Crippen LogP contribution in [0.3, 0.4) is 0 Å². The standard InChI is InChI=1S/C22H32N4OS.HI/c1-17-6-4-7-19(14-17)20(26-9-11-27-12-10-26)16-25-22(23-3)24-15-18(2)21-8-5-13-28-21;/h4-8,13-14,18,20H,9-12,15-16H2,1-3H3,(H2,23,24,25);1H. The van der Waals surface area contributed by atoms with Crippen molar-refractivity contribution in [2.75, 3.05) is 46.4 Å². The first kappa shape index (κ1) is 24.1. The molecule has 2 N–H and O–H groups in total. The van der Waals surface area contributed by atoms with E-state index in [1.807, 2.05) is 18.4 Å². The van der Waals surface area contributed by atoms with E-state index in [4.69, 9.17) is 4.74 Å². The molecule has 0 spiro atoms. The van der Waals surface area contributed by atoms with Crippen molar-refractivity contribution in [2.45, 2.75) is 25.8 Å². The van der Waals surface area contributed by atoms with Gasteiger partial charge < -0.3 is 15.4 Å². The van der Waals surface area contributed by atoms with Crippen LogP contribution >= 0.6 is 35.3 Å². The lowest BCUT2D eigenvalue weighted by atomic mass is 10.0. The molecule has 0 bridgehead atoms. The van der Waals surface area contributed by atoms with E-state index in [1.54, 1.807) is 0 Å². The molecule has 1 saturated heterocycles. The summed E-state index contributed by atoms with van der Waals surface area (Å²) >= 11 is 1.81. The summed E-state index contributed by atoms with van der Waals surface area (Å²) in [4.78, 5) is 8.33. The molecule has 7 heteroatoms. The Morgan fingerprint density at radius 1 is 1.17 bits per heavy atom. The van der Waals surface area contributed by atoms with Crippen LogP contribution in [0.5, 0.6) is 0 Å². The molecule has 3 rings (SSSR count). The summed E-state index contributed by atoms with van der Waals surface area (Å²) in [7, 11) is 1.83. The molecule has 0 radical (unpaired) electrons. The van der Waals surface area contributed by atoms with Gasteiger partial charge in [-0.15, -0.1) is 35.3 Å². The molecule has 1 aliphatic heterocycles. The minimum Gasteiger partial charge on any atom is -0.379 e. The summed E-state index contributed by atoms with van der Waals surface area (Å²) in [5, 5.41) is 9.16. The van der Waals surface area contributed by atoms with Crippen LogP contribution in [0.1, 0.15) is 34.9 Å². The van der Waals surface area contributed by atoms with Gasteiger partial charge in [-0.3, -0.25) is 9.89 Å². The molecular weight excluding hydrogens is 495 g/mol. The van der Waals surface area contributed by atoms with Gasteiger partial charge in [0.2, 0.25) is 0 Å². The van der Waals surface area contributed by atoms with Gasteiger partial charge in [0.15, 0.2) is 5.96 Å². The number of aliphatic imine (C=N–C) groups is 1. The average Bonchev–Trinajstić information content (AvgIpc) is 3.26.